The van der Waals surface area contributed by atoms with Gasteiger partial charge in [0.2, 0.25) is 0 Å². The largest absolute Gasteiger partial charge is 2.00 e. The Morgan fingerprint density at radius 1 is 0.521 bits per heavy atom. The molecule has 0 atom stereocenters. The number of benzene rings is 3. The molecule has 1 radical (unpaired) electrons. The van der Waals surface area contributed by atoms with Crippen molar-refractivity contribution in [3.05, 3.63) is 193 Å². The summed E-state index contributed by atoms with van der Waals surface area (Å²) in [6.45, 7) is 21.3. The molecule has 6 rings (SSSR count). The van der Waals surface area contributed by atoms with E-state index >= 15 is 0 Å². The Morgan fingerprint density at radius 2 is 0.771 bits per heavy atom. The van der Waals surface area contributed by atoms with Gasteiger partial charge in [-0.1, -0.05) is 151 Å². The van der Waals surface area contributed by atoms with Gasteiger partial charge < -0.3 is 0 Å². The summed E-state index contributed by atoms with van der Waals surface area (Å²) in [7, 11) is 0. The topological polar surface area (TPSA) is 53.5 Å². The second-order valence-corrected chi connectivity index (χ2v) is 13.1. The molecule has 245 valence electrons. The smallest absolute Gasteiger partial charge is 0.293 e. The molecule has 0 fully saturated rings. The second kappa shape index (κ2) is 14.9. The molecule has 0 unspecified atom stereocenters. The molecule has 6 nitrogen and oxygen atoms in total. The van der Waals surface area contributed by atoms with Gasteiger partial charge in [-0.25, -0.2) is 12.2 Å². The average Bonchev–Trinajstić information content (AvgIpc) is 3.90. The van der Waals surface area contributed by atoms with Crippen molar-refractivity contribution >= 4 is 0 Å². The van der Waals surface area contributed by atoms with Crippen LogP contribution in [0.15, 0.2) is 147 Å². The van der Waals surface area contributed by atoms with E-state index < -0.39 is 0 Å². The summed E-state index contributed by atoms with van der Waals surface area (Å²) in [4.78, 5) is 0. The summed E-state index contributed by atoms with van der Waals surface area (Å²) in [5, 5.41) is 15.4. The van der Waals surface area contributed by atoms with E-state index in [4.69, 9.17) is 21.9 Å². The Labute approximate surface area is 296 Å². The molecule has 3 heterocycles. The van der Waals surface area contributed by atoms with E-state index in [1.165, 1.54) is 28.8 Å². The van der Waals surface area contributed by atoms with Crippen LogP contribution in [0.5, 0.6) is 0 Å². The SMILES string of the molecule is CC(C)(c1ccccc1)c1ccn([C-](n2ccc(C(C)(C)c3ccccc3)n2)n2ccc(C(C)(C)c3ccccc3)n2)n1.[CH-]=CC=C.[Mn+2]. The normalized spacial score (nSPS) is 11.5. The molecule has 3 aromatic carbocycles. The van der Waals surface area contributed by atoms with Gasteiger partial charge in [0, 0.05) is 16.2 Å². The summed E-state index contributed by atoms with van der Waals surface area (Å²) >= 11 is 0. The van der Waals surface area contributed by atoms with Crippen LogP contribution in [0.25, 0.3) is 0 Å². The maximum Gasteiger partial charge on any atom is 2.00 e. The third kappa shape index (κ3) is 7.33. The molecular weight excluding hydrogens is 631 g/mol. The van der Waals surface area contributed by atoms with E-state index in [-0.39, 0.29) is 33.3 Å². The van der Waals surface area contributed by atoms with Crippen molar-refractivity contribution in [1.82, 2.24) is 29.3 Å². The molecule has 0 aliphatic rings. The Morgan fingerprint density at radius 3 is 1.00 bits per heavy atom. The molecule has 0 bridgehead atoms. The van der Waals surface area contributed by atoms with Gasteiger partial charge in [-0.3, -0.25) is 20.6 Å². The molecule has 0 spiro atoms. The van der Waals surface area contributed by atoms with Gasteiger partial charge in [-0.15, -0.1) is 0 Å². The van der Waals surface area contributed by atoms with E-state index in [9.17, 15) is 0 Å². The van der Waals surface area contributed by atoms with Crippen LogP contribution in [-0.4, -0.2) is 29.3 Å². The Bertz CT molecular complexity index is 1680. The number of rotatable bonds is 10. The van der Waals surface area contributed by atoms with Crippen LogP contribution in [0.3, 0.4) is 0 Å². The van der Waals surface area contributed by atoms with Crippen LogP contribution in [0.2, 0.25) is 0 Å². The fourth-order valence-electron chi connectivity index (χ4n) is 5.63. The fourth-order valence-corrected chi connectivity index (χ4v) is 5.63. The zero-order chi connectivity index (χ0) is 33.7. The van der Waals surface area contributed by atoms with Gasteiger partial charge in [-0.05, 0) is 35.3 Å². The van der Waals surface area contributed by atoms with Crippen molar-refractivity contribution in [2.24, 2.45) is 0 Å². The quantitative estimate of drug-likeness (QED) is 0.0829. The molecule has 48 heavy (non-hydrogen) atoms. The minimum atomic E-state index is -0.285. The van der Waals surface area contributed by atoms with E-state index in [1.807, 2.05) is 50.8 Å². The first-order valence-corrected chi connectivity index (χ1v) is 15.9. The fraction of sp³-hybridized carbons (Fsp3) is 0.220. The number of aromatic nitrogens is 6. The summed E-state index contributed by atoms with van der Waals surface area (Å²) in [5.41, 5.74) is 5.66. The Hall–Kier alpha value is -4.84. The Balaban J connectivity index is 0.000000986. The van der Waals surface area contributed by atoms with Crippen LogP contribution in [0, 0.1) is 12.9 Å². The molecular formula is C41H44MnN6. The number of hydrogen-bond acceptors (Lipinski definition) is 3. The summed E-state index contributed by atoms with van der Waals surface area (Å²) in [6, 6.07) is 37.8. The van der Waals surface area contributed by atoms with Crippen LogP contribution < -0.4 is 0 Å². The third-order valence-corrected chi connectivity index (χ3v) is 8.93. The van der Waals surface area contributed by atoms with Gasteiger partial charge >= 0.3 is 17.1 Å². The van der Waals surface area contributed by atoms with Crippen molar-refractivity contribution in [2.45, 2.75) is 57.8 Å². The number of allylic oxidation sites excluding steroid dienone is 2. The molecule has 3 aromatic heterocycles. The van der Waals surface area contributed by atoms with Crippen LogP contribution in [-0.2, 0) is 33.3 Å². The minimum absolute atomic E-state index is 0. The molecule has 0 saturated carbocycles. The van der Waals surface area contributed by atoms with E-state index in [2.05, 4.69) is 139 Å². The Kier molecular flexibility index (Phi) is 11.2. The van der Waals surface area contributed by atoms with Crippen LogP contribution in [0.1, 0.15) is 75.3 Å². The van der Waals surface area contributed by atoms with Crippen LogP contribution in [0.4, 0.5) is 0 Å². The first kappa shape index (κ1) is 36.0. The van der Waals surface area contributed by atoms with Gasteiger partial charge in [0.25, 0.3) is 0 Å². The van der Waals surface area contributed by atoms with Gasteiger partial charge in [0.15, 0.2) is 6.29 Å². The second-order valence-electron chi connectivity index (χ2n) is 13.1. The van der Waals surface area contributed by atoms with Crippen molar-refractivity contribution in [3.8, 4) is 0 Å². The van der Waals surface area contributed by atoms with Crippen molar-refractivity contribution in [3.63, 3.8) is 0 Å². The first-order chi connectivity index (χ1) is 22.5. The predicted octanol–water partition coefficient (Wildman–Crippen LogP) is 8.80. The van der Waals surface area contributed by atoms with Gasteiger partial charge in [0.1, 0.15) is 0 Å². The summed E-state index contributed by atoms with van der Waals surface area (Å²) in [5.74, 6) is 0. The zero-order valence-corrected chi connectivity index (χ0v) is 29.8. The minimum Gasteiger partial charge on any atom is -0.293 e. The van der Waals surface area contributed by atoms with Crippen molar-refractivity contribution in [1.29, 1.82) is 0 Å². The van der Waals surface area contributed by atoms with Crippen molar-refractivity contribution < 1.29 is 17.1 Å². The molecule has 7 heteroatoms. The maximum atomic E-state index is 5.13. The molecule has 6 aromatic rings. The number of hydrogen-bond donors (Lipinski definition) is 0. The number of nitrogens with zero attached hydrogens (tertiary/aromatic N) is 6. The third-order valence-electron chi connectivity index (χ3n) is 8.93. The monoisotopic (exact) mass is 675 g/mol. The zero-order valence-electron chi connectivity index (χ0n) is 28.6. The van der Waals surface area contributed by atoms with Gasteiger partial charge in [0.05, 0.1) is 17.1 Å². The standard InChI is InChI=1S/C37H39N6.C4H5.Mn/c1-35(2,28-16-10-7-11-17-28)31-22-25-41(38-31)34(42-26-23-32(39-42)36(3,4)29-18-12-8-13-19-29)43-27-24-33(40-43)37(5,6)30-20-14-9-15-21-30;1-3-4-2;/h7-27H,1-6H3;1,3-4H,2H2;/q2*-1;+2. The summed E-state index contributed by atoms with van der Waals surface area (Å²) in [6.07, 6.45) is 9.63. The average molecular weight is 676 g/mol. The maximum absolute atomic E-state index is 5.13. The molecule has 0 saturated heterocycles. The van der Waals surface area contributed by atoms with Crippen LogP contribution >= 0.6 is 0 Å². The molecule has 0 amide bonds. The van der Waals surface area contributed by atoms with E-state index in [1.54, 1.807) is 0 Å². The van der Waals surface area contributed by atoms with E-state index in [0.717, 1.165) is 17.1 Å². The van der Waals surface area contributed by atoms with E-state index in [0.29, 0.717) is 6.29 Å². The summed E-state index contributed by atoms with van der Waals surface area (Å²) < 4.78 is 5.66. The molecule has 0 aliphatic carbocycles. The van der Waals surface area contributed by atoms with Crippen molar-refractivity contribution in [2.75, 3.05) is 0 Å². The first-order valence-electron chi connectivity index (χ1n) is 15.9. The molecule has 0 aliphatic heterocycles. The van der Waals surface area contributed by atoms with Gasteiger partial charge in [-0.2, -0.15) is 21.9 Å². The molecule has 0 N–H and O–H groups in total. The predicted molar refractivity (Wildman–Crippen MR) is 191 cm³/mol.